The van der Waals surface area contributed by atoms with Crippen molar-refractivity contribution < 1.29 is 54.9 Å². The van der Waals surface area contributed by atoms with Gasteiger partial charge in [0.1, 0.15) is 23.5 Å². The van der Waals surface area contributed by atoms with E-state index >= 15 is 8.78 Å². The number of halogens is 7. The predicted molar refractivity (Wildman–Crippen MR) is 228 cm³/mol. The highest BCUT2D eigenvalue weighted by atomic mass is 19.4. The zero-order chi connectivity index (χ0) is 47.6. The second-order valence-corrected chi connectivity index (χ2v) is 17.7. The minimum Gasteiger partial charge on any atom is -0.453 e. The van der Waals surface area contributed by atoms with Gasteiger partial charge >= 0.3 is 18.8 Å². The van der Waals surface area contributed by atoms with Crippen LogP contribution in [0.5, 0.6) is 0 Å². The number of aliphatic hydroxyl groups is 1. The Balaban J connectivity index is 1.03. The minimum absolute atomic E-state index is 0.0981. The first-order valence-electron chi connectivity index (χ1n) is 21.4. The van der Waals surface area contributed by atoms with Crippen molar-refractivity contribution >= 4 is 17.8 Å². The molecule has 2 aromatic carbocycles. The number of pyridine rings is 1. The summed E-state index contributed by atoms with van der Waals surface area (Å²) >= 11 is 0. The van der Waals surface area contributed by atoms with Crippen LogP contribution in [0.25, 0.3) is 11.3 Å². The summed E-state index contributed by atoms with van der Waals surface area (Å²) in [5, 5.41) is 22.1. The number of rotatable bonds is 15. The molecule has 3 saturated heterocycles. The molecule has 0 saturated carbocycles. The third kappa shape index (κ3) is 10.6. The van der Waals surface area contributed by atoms with Gasteiger partial charge in [0, 0.05) is 72.9 Å². The maximum absolute atomic E-state index is 15.1. The Morgan fingerprint density at radius 3 is 2.15 bits per heavy atom. The van der Waals surface area contributed by atoms with Crippen molar-refractivity contribution in [3.05, 3.63) is 101 Å². The SMILES string of the molecule is COC(=O)NC(C(=O)N[C@@H](Cc1ccc(C#Cc2ccc(N3CC4CCC(C3)N4C3(C)COC3)nc2)cc1)[C@@H](O)CNCc1c(F)cc(-c2ccn(C(F)F)n2)cc1F)C(C)(C)C(F)(F)F. The lowest BCUT2D eigenvalue weighted by molar-refractivity contribution is -0.220. The quantitative estimate of drug-likeness (QED) is 0.0834. The maximum Gasteiger partial charge on any atom is 0.407 e. The standard InChI is InChI=1S/C46H51F7N8O5/c1-44(2,46(51,52)53)40(57-43(64)65-4)41(63)56-37(38(62)22-54-21-33-34(47)18-30(19-35(33)48)36-15-16-60(58-36)42(49)50)17-28-8-5-27(6-9-28)7-10-29-11-14-39(55-20-29)59-23-31-12-13-32(24-59)61(31)45(3)25-66-26-45/h5-6,8-9,11,14-16,18-20,31-32,37-38,40,42,54,62H,12-13,17,21-26H2,1-4H3,(H,56,63)(H,57,64)/t31?,32?,37-,38-,40?/m0/s1. The Morgan fingerprint density at radius 2 is 1.61 bits per heavy atom. The first-order valence-corrected chi connectivity index (χ1v) is 21.4. The minimum atomic E-state index is -4.98. The number of hydrogen-bond acceptors (Lipinski definition) is 10. The number of nitrogens with one attached hydrogen (secondary N) is 3. The van der Waals surface area contributed by atoms with E-state index in [1.165, 1.54) is 6.07 Å². The van der Waals surface area contributed by atoms with Crippen LogP contribution in [0.2, 0.25) is 0 Å². The number of nitrogens with zero attached hydrogens (tertiary/aromatic N) is 5. The zero-order valence-electron chi connectivity index (χ0n) is 36.6. The monoisotopic (exact) mass is 928 g/mol. The van der Waals surface area contributed by atoms with Gasteiger partial charge in [-0.25, -0.2) is 23.2 Å². The molecule has 0 aliphatic carbocycles. The van der Waals surface area contributed by atoms with Gasteiger partial charge in [-0.2, -0.15) is 27.1 Å². The molecule has 3 fully saturated rings. The molecule has 0 spiro atoms. The lowest BCUT2D eigenvalue weighted by Gasteiger charge is -2.54. The molecule has 7 rings (SSSR count). The van der Waals surface area contributed by atoms with Crippen LogP contribution in [-0.4, -0.2) is 119 Å². The molecule has 2 bridgehead atoms. The molecular weight excluding hydrogens is 878 g/mol. The van der Waals surface area contributed by atoms with Crippen molar-refractivity contribution in [2.24, 2.45) is 5.41 Å². The molecule has 3 aliphatic heterocycles. The van der Waals surface area contributed by atoms with Gasteiger partial charge in [-0.05, 0) is 88.1 Å². The summed E-state index contributed by atoms with van der Waals surface area (Å²) in [6.07, 6.45) is -3.02. The molecule has 4 N–H and O–H groups in total. The molecule has 2 aromatic heterocycles. The number of fused-ring (bicyclic) bond motifs is 2. The van der Waals surface area contributed by atoms with Crippen molar-refractivity contribution in [1.29, 1.82) is 0 Å². The van der Waals surface area contributed by atoms with Crippen LogP contribution in [0.15, 0.2) is 67.0 Å². The lowest BCUT2D eigenvalue weighted by atomic mass is 9.82. The number of piperazine rings is 1. The molecule has 0 radical (unpaired) electrons. The van der Waals surface area contributed by atoms with Crippen molar-refractivity contribution in [1.82, 2.24) is 35.6 Å². The first kappa shape index (κ1) is 48.2. The Kier molecular flexibility index (Phi) is 14.3. The summed E-state index contributed by atoms with van der Waals surface area (Å²) in [6, 6.07) is 11.0. The number of hydrogen-bond donors (Lipinski definition) is 4. The average molecular weight is 929 g/mol. The molecule has 2 amide bonds. The van der Waals surface area contributed by atoms with E-state index in [9.17, 15) is 36.6 Å². The van der Waals surface area contributed by atoms with Gasteiger partial charge in [-0.3, -0.25) is 9.69 Å². The van der Waals surface area contributed by atoms with Gasteiger partial charge in [-0.15, -0.1) is 0 Å². The summed E-state index contributed by atoms with van der Waals surface area (Å²) in [6.45, 7) is 3.16. The number of amides is 2. The molecule has 5 heterocycles. The summed E-state index contributed by atoms with van der Waals surface area (Å²) in [4.78, 5) is 35.5. The van der Waals surface area contributed by atoms with Gasteiger partial charge in [0.2, 0.25) is 5.91 Å². The summed E-state index contributed by atoms with van der Waals surface area (Å²) in [7, 11) is 0.919. The van der Waals surface area contributed by atoms with Crippen molar-refractivity contribution in [2.75, 3.05) is 44.9 Å². The Morgan fingerprint density at radius 1 is 0.970 bits per heavy atom. The maximum atomic E-state index is 15.1. The number of aliphatic hydroxyl groups excluding tert-OH is 1. The Labute approximate surface area is 377 Å². The van der Waals surface area contributed by atoms with Crippen molar-refractivity contribution in [3.63, 3.8) is 0 Å². The predicted octanol–water partition coefficient (Wildman–Crippen LogP) is 5.95. The zero-order valence-corrected chi connectivity index (χ0v) is 36.6. The number of anilines is 1. The second-order valence-electron chi connectivity index (χ2n) is 17.7. The Bertz CT molecular complexity index is 2380. The molecule has 4 aromatic rings. The number of ether oxygens (including phenoxy) is 2. The average Bonchev–Trinajstić information content (AvgIpc) is 3.87. The van der Waals surface area contributed by atoms with Gasteiger partial charge in [0.15, 0.2) is 0 Å². The van der Waals surface area contributed by atoms with Crippen molar-refractivity contribution in [3.8, 4) is 23.1 Å². The van der Waals surface area contributed by atoms with Gasteiger partial charge in [0.25, 0.3) is 0 Å². The summed E-state index contributed by atoms with van der Waals surface area (Å²) in [5.74, 6) is 3.71. The first-order chi connectivity index (χ1) is 31.3. The smallest absolute Gasteiger partial charge is 0.407 e. The number of aromatic nitrogens is 3. The number of alkyl halides is 5. The van der Waals surface area contributed by atoms with Crippen LogP contribution in [0.1, 0.15) is 62.4 Å². The third-order valence-electron chi connectivity index (χ3n) is 12.6. The highest BCUT2D eigenvalue weighted by molar-refractivity contribution is 5.87. The van der Waals surface area contributed by atoms with E-state index in [-0.39, 0.29) is 23.2 Å². The highest BCUT2D eigenvalue weighted by Gasteiger charge is 2.56. The van der Waals surface area contributed by atoms with E-state index in [0.717, 1.165) is 84.2 Å². The summed E-state index contributed by atoms with van der Waals surface area (Å²) in [5.41, 5.74) is -1.55. The van der Waals surface area contributed by atoms with Crippen LogP contribution < -0.4 is 20.9 Å². The van der Waals surface area contributed by atoms with Crippen LogP contribution in [0, 0.1) is 28.9 Å². The van der Waals surface area contributed by atoms with Crippen LogP contribution >= 0.6 is 0 Å². The fraction of sp³-hybridized carbons (Fsp3) is 0.478. The lowest BCUT2D eigenvalue weighted by Crippen LogP contribution is -2.68. The molecule has 3 unspecified atom stereocenters. The second kappa shape index (κ2) is 19.6. The van der Waals surface area contributed by atoms with E-state index < -0.39 is 78.6 Å². The molecule has 5 atom stereocenters. The fourth-order valence-electron chi connectivity index (χ4n) is 8.76. The van der Waals surface area contributed by atoms with Gasteiger partial charge in [-0.1, -0.05) is 24.0 Å². The molecule has 13 nitrogen and oxygen atoms in total. The molecule has 20 heteroatoms. The van der Waals surface area contributed by atoms with E-state index in [4.69, 9.17) is 9.72 Å². The number of carbonyl (C=O) groups excluding carboxylic acids is 2. The van der Waals surface area contributed by atoms with E-state index in [0.29, 0.717) is 33.5 Å². The highest BCUT2D eigenvalue weighted by Crippen LogP contribution is 2.42. The number of alkyl carbamates (subject to hydrolysis) is 1. The molecule has 3 aliphatic rings. The number of benzene rings is 2. The van der Waals surface area contributed by atoms with Crippen LogP contribution in [0.4, 0.5) is 41.3 Å². The third-order valence-corrected chi connectivity index (χ3v) is 12.6. The summed E-state index contributed by atoms with van der Waals surface area (Å²) < 4.78 is 109. The fourth-order valence-corrected chi connectivity index (χ4v) is 8.76. The molecule has 66 heavy (non-hydrogen) atoms. The van der Waals surface area contributed by atoms with Crippen LogP contribution in [-0.2, 0) is 27.2 Å². The number of carbonyl (C=O) groups is 2. The Hall–Kier alpha value is -5.75. The largest absolute Gasteiger partial charge is 0.453 e. The van der Waals surface area contributed by atoms with E-state index in [1.54, 1.807) is 30.5 Å². The van der Waals surface area contributed by atoms with E-state index in [1.807, 2.05) is 17.4 Å². The molecular formula is C46H51F7N8O5. The normalized spacial score (nSPS) is 19.6. The van der Waals surface area contributed by atoms with Gasteiger partial charge in [0.05, 0.1) is 49.1 Å². The van der Waals surface area contributed by atoms with Crippen molar-refractivity contribution in [2.45, 2.75) is 95.1 Å². The van der Waals surface area contributed by atoms with Gasteiger partial charge < -0.3 is 35.4 Å². The van der Waals surface area contributed by atoms with E-state index in [2.05, 4.69) is 49.0 Å². The number of methoxy groups -OCH3 is 1. The van der Waals surface area contributed by atoms with Crippen LogP contribution in [0.3, 0.4) is 0 Å². The molecule has 354 valence electrons. The topological polar surface area (TPSA) is 146 Å².